The van der Waals surface area contributed by atoms with Crippen molar-refractivity contribution < 1.29 is 4.79 Å². The van der Waals surface area contributed by atoms with E-state index in [0.29, 0.717) is 15.6 Å². The van der Waals surface area contributed by atoms with Crippen LogP contribution in [0.3, 0.4) is 0 Å². The third kappa shape index (κ3) is 4.00. The Balaban J connectivity index is 1.79. The van der Waals surface area contributed by atoms with Crippen LogP contribution in [0.1, 0.15) is 21.5 Å². The molecule has 1 amide bonds. The standard InChI is InChI=1S/C24H19BrN2O2/c1-16-11-12-17-14-18(23(28)26-22(17)13-16)15-27(19-7-3-2-4-8-19)24(29)20-9-5-6-10-21(20)25/h2-14H,15H2,1H3,(H,26,28). The van der Waals surface area contributed by atoms with Gasteiger partial charge < -0.3 is 9.88 Å². The Morgan fingerprint density at radius 2 is 1.69 bits per heavy atom. The molecule has 0 aliphatic carbocycles. The van der Waals surface area contributed by atoms with Crippen molar-refractivity contribution in [3.05, 3.63) is 110 Å². The van der Waals surface area contributed by atoms with Crippen LogP contribution in [0.15, 0.2) is 88.1 Å². The molecule has 0 aliphatic rings. The smallest absolute Gasteiger partial charge is 0.259 e. The molecule has 0 radical (unpaired) electrons. The average Bonchev–Trinajstić information content (AvgIpc) is 2.73. The van der Waals surface area contributed by atoms with Gasteiger partial charge in [0.1, 0.15) is 0 Å². The molecule has 1 aromatic heterocycles. The van der Waals surface area contributed by atoms with Crippen LogP contribution in [0.25, 0.3) is 10.9 Å². The number of para-hydroxylation sites is 1. The van der Waals surface area contributed by atoms with Crippen LogP contribution in [0.4, 0.5) is 5.69 Å². The molecule has 0 spiro atoms. The predicted molar refractivity (Wildman–Crippen MR) is 120 cm³/mol. The number of rotatable bonds is 4. The highest BCUT2D eigenvalue weighted by Crippen LogP contribution is 2.24. The lowest BCUT2D eigenvalue weighted by molar-refractivity contribution is 0.0984. The van der Waals surface area contributed by atoms with Gasteiger partial charge in [0.15, 0.2) is 0 Å². The van der Waals surface area contributed by atoms with Gasteiger partial charge >= 0.3 is 0 Å². The predicted octanol–water partition coefficient (Wildman–Crippen LogP) is 5.45. The van der Waals surface area contributed by atoms with Crippen LogP contribution < -0.4 is 10.5 Å². The van der Waals surface area contributed by atoms with Gasteiger partial charge in [-0.2, -0.15) is 0 Å². The van der Waals surface area contributed by atoms with Crippen LogP contribution in [0, 0.1) is 6.92 Å². The zero-order valence-corrected chi connectivity index (χ0v) is 17.4. The number of H-pyrrole nitrogens is 1. The normalized spacial score (nSPS) is 10.8. The molecule has 0 fully saturated rings. The first-order chi connectivity index (χ1) is 14.0. The van der Waals surface area contributed by atoms with Crippen molar-refractivity contribution in [3.63, 3.8) is 0 Å². The van der Waals surface area contributed by atoms with Gasteiger partial charge in [-0.25, -0.2) is 0 Å². The summed E-state index contributed by atoms with van der Waals surface area (Å²) in [6.45, 7) is 2.16. The van der Waals surface area contributed by atoms with E-state index >= 15 is 0 Å². The number of amides is 1. The molecule has 29 heavy (non-hydrogen) atoms. The Morgan fingerprint density at radius 3 is 2.45 bits per heavy atom. The summed E-state index contributed by atoms with van der Waals surface area (Å²) in [5.41, 5.74) is 3.49. The van der Waals surface area contributed by atoms with Crippen LogP contribution in [0.2, 0.25) is 0 Å². The Labute approximate surface area is 176 Å². The Hall–Kier alpha value is -3.18. The second-order valence-electron chi connectivity index (χ2n) is 6.92. The van der Waals surface area contributed by atoms with Crippen molar-refractivity contribution in [1.82, 2.24) is 4.98 Å². The fraction of sp³-hybridized carbons (Fsp3) is 0.0833. The molecule has 3 aromatic carbocycles. The van der Waals surface area contributed by atoms with Crippen LogP contribution in [0.5, 0.6) is 0 Å². The van der Waals surface area contributed by atoms with E-state index in [1.165, 1.54) is 0 Å². The van der Waals surface area contributed by atoms with Crippen molar-refractivity contribution in [2.75, 3.05) is 4.90 Å². The minimum Gasteiger partial charge on any atom is -0.322 e. The first kappa shape index (κ1) is 19.2. The molecule has 0 aliphatic heterocycles. The molecule has 4 nitrogen and oxygen atoms in total. The summed E-state index contributed by atoms with van der Waals surface area (Å²) in [5.74, 6) is -0.174. The quantitative estimate of drug-likeness (QED) is 0.453. The number of benzene rings is 3. The number of carbonyl (C=O) groups excluding carboxylic acids is 1. The van der Waals surface area contributed by atoms with Crippen LogP contribution >= 0.6 is 15.9 Å². The summed E-state index contributed by atoms with van der Waals surface area (Å²) in [4.78, 5) is 30.7. The van der Waals surface area contributed by atoms with Gasteiger partial charge in [-0.1, -0.05) is 42.5 Å². The number of aromatic amines is 1. The number of nitrogens with one attached hydrogen (secondary N) is 1. The van der Waals surface area contributed by atoms with E-state index in [2.05, 4.69) is 20.9 Å². The highest BCUT2D eigenvalue weighted by molar-refractivity contribution is 9.10. The average molecular weight is 447 g/mol. The highest BCUT2D eigenvalue weighted by atomic mass is 79.9. The summed E-state index contributed by atoms with van der Waals surface area (Å²) >= 11 is 3.46. The summed E-state index contributed by atoms with van der Waals surface area (Å²) in [6, 6.07) is 24.5. The fourth-order valence-corrected chi connectivity index (χ4v) is 3.77. The van der Waals surface area contributed by atoms with Gasteiger partial charge in [-0.15, -0.1) is 0 Å². The largest absolute Gasteiger partial charge is 0.322 e. The number of hydrogen-bond acceptors (Lipinski definition) is 2. The van der Waals surface area contributed by atoms with Crippen molar-refractivity contribution in [2.45, 2.75) is 13.5 Å². The minimum absolute atomic E-state index is 0.170. The van der Waals surface area contributed by atoms with E-state index in [1.54, 1.807) is 11.0 Å². The van der Waals surface area contributed by atoms with Gasteiger partial charge in [0, 0.05) is 21.2 Å². The Bertz CT molecular complexity index is 1250. The molecular weight excluding hydrogens is 428 g/mol. The molecule has 1 N–H and O–H groups in total. The second-order valence-corrected chi connectivity index (χ2v) is 7.78. The number of aryl methyl sites for hydroxylation is 1. The van der Waals surface area contributed by atoms with E-state index in [4.69, 9.17) is 0 Å². The number of nitrogens with zero attached hydrogens (tertiary/aromatic N) is 1. The van der Waals surface area contributed by atoms with Gasteiger partial charge in [-0.3, -0.25) is 9.59 Å². The number of halogens is 1. The van der Waals surface area contributed by atoms with Gasteiger partial charge in [-0.05, 0) is 70.2 Å². The van der Waals surface area contributed by atoms with Crippen molar-refractivity contribution >= 4 is 38.4 Å². The molecule has 4 aromatic rings. The van der Waals surface area contributed by atoms with E-state index in [1.807, 2.05) is 79.7 Å². The van der Waals surface area contributed by atoms with E-state index in [0.717, 1.165) is 22.2 Å². The Morgan fingerprint density at radius 1 is 0.966 bits per heavy atom. The summed E-state index contributed by atoms with van der Waals surface area (Å²) in [7, 11) is 0. The van der Waals surface area contributed by atoms with Crippen molar-refractivity contribution in [1.29, 1.82) is 0 Å². The second kappa shape index (κ2) is 8.05. The van der Waals surface area contributed by atoms with E-state index in [9.17, 15) is 9.59 Å². The van der Waals surface area contributed by atoms with Gasteiger partial charge in [0.25, 0.3) is 11.5 Å². The SMILES string of the molecule is Cc1ccc2cc(CN(C(=O)c3ccccc3Br)c3ccccc3)c(=O)[nH]c2c1. The van der Waals surface area contributed by atoms with E-state index in [-0.39, 0.29) is 18.0 Å². The number of pyridine rings is 1. The summed E-state index contributed by atoms with van der Waals surface area (Å²) < 4.78 is 0.717. The molecule has 0 saturated carbocycles. The molecule has 4 rings (SSSR count). The van der Waals surface area contributed by atoms with Gasteiger partial charge in [0.05, 0.1) is 12.1 Å². The van der Waals surface area contributed by atoms with Crippen molar-refractivity contribution in [2.24, 2.45) is 0 Å². The number of fused-ring (bicyclic) bond motifs is 1. The molecule has 144 valence electrons. The summed E-state index contributed by atoms with van der Waals surface area (Å²) in [6.07, 6.45) is 0. The number of hydrogen-bond donors (Lipinski definition) is 1. The fourth-order valence-electron chi connectivity index (χ4n) is 3.32. The highest BCUT2D eigenvalue weighted by Gasteiger charge is 2.21. The molecule has 1 heterocycles. The topological polar surface area (TPSA) is 53.2 Å². The maximum atomic E-state index is 13.4. The maximum absolute atomic E-state index is 13.4. The molecule has 0 saturated heterocycles. The monoisotopic (exact) mass is 446 g/mol. The maximum Gasteiger partial charge on any atom is 0.259 e. The molecule has 5 heteroatoms. The number of aromatic nitrogens is 1. The molecular formula is C24H19BrN2O2. The summed E-state index contributed by atoms with van der Waals surface area (Å²) in [5, 5.41) is 0.937. The third-order valence-electron chi connectivity index (χ3n) is 4.82. The molecule has 0 atom stereocenters. The lowest BCUT2D eigenvalue weighted by Gasteiger charge is -2.23. The van der Waals surface area contributed by atoms with E-state index < -0.39 is 0 Å². The lowest BCUT2D eigenvalue weighted by Crippen LogP contribution is -2.33. The first-order valence-corrected chi connectivity index (χ1v) is 10.1. The molecule has 0 bridgehead atoms. The number of carbonyl (C=O) groups is 1. The van der Waals surface area contributed by atoms with Crippen molar-refractivity contribution in [3.8, 4) is 0 Å². The third-order valence-corrected chi connectivity index (χ3v) is 5.52. The van der Waals surface area contributed by atoms with Crippen LogP contribution in [-0.4, -0.2) is 10.9 Å². The Kier molecular flexibility index (Phi) is 5.32. The minimum atomic E-state index is -0.191. The zero-order chi connectivity index (χ0) is 20.4. The zero-order valence-electron chi connectivity index (χ0n) is 15.9. The molecule has 0 unspecified atom stereocenters. The van der Waals surface area contributed by atoms with Gasteiger partial charge in [0.2, 0.25) is 0 Å². The number of anilines is 1. The first-order valence-electron chi connectivity index (χ1n) is 9.27. The van der Waals surface area contributed by atoms with Crippen LogP contribution in [-0.2, 0) is 6.54 Å². The lowest BCUT2D eigenvalue weighted by atomic mass is 10.1.